The predicted octanol–water partition coefficient (Wildman–Crippen LogP) is 7.06. The van der Waals surface area contributed by atoms with Gasteiger partial charge in [0, 0.05) is 0 Å². The van der Waals surface area contributed by atoms with Gasteiger partial charge in [0.25, 0.3) is 0 Å². The number of hydrogen-bond donors (Lipinski definition) is 0. The van der Waals surface area contributed by atoms with Gasteiger partial charge in [0.1, 0.15) is 6.10 Å². The molecule has 0 amide bonds. The van der Waals surface area contributed by atoms with Gasteiger partial charge in [0.15, 0.2) is 0 Å². The van der Waals surface area contributed by atoms with Crippen LogP contribution in [-0.2, 0) is 20.8 Å². The van der Waals surface area contributed by atoms with Crippen LogP contribution in [0.15, 0.2) is 30.3 Å². The van der Waals surface area contributed by atoms with Crippen LogP contribution >= 0.6 is 0 Å². The van der Waals surface area contributed by atoms with Crippen molar-refractivity contribution < 1.29 is 19.0 Å². The first-order valence-electron chi connectivity index (χ1n) is 11.2. The summed E-state index contributed by atoms with van der Waals surface area (Å²) in [6, 6.07) is 10.1. The Hall–Kier alpha value is -1.55. The summed E-state index contributed by atoms with van der Waals surface area (Å²) < 4.78 is 16.6. The smallest absolute Gasteiger partial charge is 0.434 e. The van der Waals surface area contributed by atoms with Crippen molar-refractivity contribution in [3.05, 3.63) is 35.9 Å². The number of hydrogen-bond acceptors (Lipinski definition) is 4. The third kappa shape index (κ3) is 13.6. The second-order valence-electron chi connectivity index (χ2n) is 7.46. The lowest BCUT2D eigenvalue weighted by Crippen LogP contribution is -2.24. The van der Waals surface area contributed by atoms with Gasteiger partial charge >= 0.3 is 6.16 Å². The van der Waals surface area contributed by atoms with Crippen molar-refractivity contribution >= 4 is 6.16 Å². The van der Waals surface area contributed by atoms with E-state index in [2.05, 4.69) is 13.8 Å². The summed E-state index contributed by atoms with van der Waals surface area (Å²) in [6.07, 6.45) is 11.7. The topological polar surface area (TPSA) is 44.8 Å². The average Bonchev–Trinajstić information content (AvgIpc) is 2.71. The molecule has 160 valence electrons. The molecule has 1 aromatic carbocycles. The Morgan fingerprint density at radius 3 is 2.21 bits per heavy atom. The van der Waals surface area contributed by atoms with Crippen LogP contribution in [-0.4, -0.2) is 25.5 Å². The van der Waals surface area contributed by atoms with Crippen LogP contribution in [0, 0.1) is 0 Å². The monoisotopic (exact) mass is 392 g/mol. The summed E-state index contributed by atoms with van der Waals surface area (Å²) in [5, 5.41) is 0. The molecule has 1 atom stereocenters. The fourth-order valence-electron chi connectivity index (χ4n) is 3.07. The molecule has 4 nitrogen and oxygen atoms in total. The minimum Gasteiger partial charge on any atom is -0.434 e. The summed E-state index contributed by atoms with van der Waals surface area (Å²) in [7, 11) is 0. The lowest BCUT2D eigenvalue weighted by molar-refractivity contribution is -0.0241. The molecule has 0 N–H and O–H groups in total. The van der Waals surface area contributed by atoms with E-state index >= 15 is 0 Å². The van der Waals surface area contributed by atoms with Crippen molar-refractivity contribution in [3.63, 3.8) is 0 Å². The number of rotatable bonds is 17. The number of ether oxygens (including phenoxy) is 3. The fourth-order valence-corrected chi connectivity index (χ4v) is 3.07. The summed E-state index contributed by atoms with van der Waals surface area (Å²) in [5.74, 6) is 0. The molecule has 1 unspecified atom stereocenters. The standard InChI is InChI=1S/C24H40O4/c1-3-5-7-9-10-14-18-23(21-26-20-22-16-12-11-13-17-22)28-24(25)27-19-15-8-6-4-2/h11-13,16-17,23H,3-10,14-15,18-21H2,1-2H3. The normalized spacial score (nSPS) is 11.9. The van der Waals surface area contributed by atoms with Crippen LogP contribution in [0.25, 0.3) is 0 Å². The van der Waals surface area contributed by atoms with Gasteiger partial charge in [0.05, 0.1) is 19.8 Å². The van der Waals surface area contributed by atoms with Crippen LogP contribution in [0.4, 0.5) is 4.79 Å². The number of carbonyl (C=O) groups excluding carboxylic acids is 1. The molecule has 28 heavy (non-hydrogen) atoms. The molecular weight excluding hydrogens is 352 g/mol. The Kier molecular flexibility index (Phi) is 15.3. The maximum Gasteiger partial charge on any atom is 0.508 e. The molecule has 0 saturated carbocycles. The van der Waals surface area contributed by atoms with E-state index in [1.807, 2.05) is 30.3 Å². The van der Waals surface area contributed by atoms with Crippen LogP contribution < -0.4 is 0 Å². The maximum atomic E-state index is 12.0. The molecule has 0 aromatic heterocycles. The second-order valence-corrected chi connectivity index (χ2v) is 7.46. The molecule has 0 aliphatic rings. The minimum absolute atomic E-state index is 0.238. The molecule has 0 heterocycles. The molecule has 0 saturated heterocycles. The highest BCUT2D eigenvalue weighted by atomic mass is 16.7. The van der Waals surface area contributed by atoms with Crippen LogP contribution in [0.1, 0.15) is 90.0 Å². The summed E-state index contributed by atoms with van der Waals surface area (Å²) in [6.45, 7) is 5.77. The van der Waals surface area contributed by atoms with Crippen molar-refractivity contribution in [2.45, 2.75) is 97.2 Å². The van der Waals surface area contributed by atoms with Gasteiger partial charge < -0.3 is 14.2 Å². The summed E-state index contributed by atoms with van der Waals surface area (Å²) in [5.41, 5.74) is 1.12. The fraction of sp³-hybridized carbons (Fsp3) is 0.708. The van der Waals surface area contributed by atoms with Crippen molar-refractivity contribution in [3.8, 4) is 0 Å². The zero-order valence-corrected chi connectivity index (χ0v) is 18.0. The van der Waals surface area contributed by atoms with Crippen molar-refractivity contribution in [1.29, 1.82) is 0 Å². The largest absolute Gasteiger partial charge is 0.508 e. The average molecular weight is 393 g/mol. The SMILES string of the molecule is CCCCCCCCC(COCc1ccccc1)OC(=O)OCCCCCC. The zero-order valence-electron chi connectivity index (χ0n) is 18.0. The van der Waals surface area contributed by atoms with E-state index in [9.17, 15) is 4.79 Å². The zero-order chi connectivity index (χ0) is 20.3. The molecular formula is C24H40O4. The quantitative estimate of drug-likeness (QED) is 0.210. The van der Waals surface area contributed by atoms with Crippen molar-refractivity contribution in [2.75, 3.05) is 13.2 Å². The molecule has 4 heteroatoms. The lowest BCUT2D eigenvalue weighted by Gasteiger charge is -2.18. The van der Waals surface area contributed by atoms with Gasteiger partial charge in [-0.05, 0) is 24.8 Å². The number of benzene rings is 1. The Bertz CT molecular complexity index is 475. The van der Waals surface area contributed by atoms with Crippen molar-refractivity contribution in [2.24, 2.45) is 0 Å². The van der Waals surface area contributed by atoms with Crippen LogP contribution in [0.5, 0.6) is 0 Å². The van der Waals surface area contributed by atoms with E-state index in [1.54, 1.807) is 0 Å². The first-order chi connectivity index (χ1) is 13.8. The predicted molar refractivity (Wildman–Crippen MR) is 114 cm³/mol. The van der Waals surface area contributed by atoms with Gasteiger partial charge in [-0.15, -0.1) is 0 Å². The van der Waals surface area contributed by atoms with Gasteiger partial charge in [-0.3, -0.25) is 0 Å². The molecule has 0 bridgehead atoms. The second kappa shape index (κ2) is 17.5. The van der Waals surface area contributed by atoms with Gasteiger partial charge in [-0.1, -0.05) is 95.5 Å². The highest BCUT2D eigenvalue weighted by Crippen LogP contribution is 2.13. The first kappa shape index (κ1) is 24.5. The molecule has 0 spiro atoms. The third-order valence-corrected chi connectivity index (χ3v) is 4.78. The third-order valence-electron chi connectivity index (χ3n) is 4.78. The Morgan fingerprint density at radius 1 is 0.857 bits per heavy atom. The molecule has 1 aromatic rings. The van der Waals surface area contributed by atoms with Gasteiger partial charge in [-0.2, -0.15) is 0 Å². The van der Waals surface area contributed by atoms with Crippen molar-refractivity contribution in [1.82, 2.24) is 0 Å². The van der Waals surface area contributed by atoms with Gasteiger partial charge in [-0.25, -0.2) is 4.79 Å². The van der Waals surface area contributed by atoms with Crippen LogP contribution in [0.3, 0.4) is 0 Å². The van der Waals surface area contributed by atoms with Gasteiger partial charge in [0.2, 0.25) is 0 Å². The molecule has 1 rings (SSSR count). The van der Waals surface area contributed by atoms with Crippen LogP contribution in [0.2, 0.25) is 0 Å². The highest BCUT2D eigenvalue weighted by molar-refractivity contribution is 5.60. The summed E-state index contributed by atoms with van der Waals surface area (Å²) in [4.78, 5) is 12.0. The lowest BCUT2D eigenvalue weighted by atomic mass is 10.1. The van der Waals surface area contributed by atoms with E-state index in [1.165, 1.54) is 44.9 Å². The first-order valence-corrected chi connectivity index (χ1v) is 11.2. The Morgan fingerprint density at radius 2 is 1.50 bits per heavy atom. The minimum atomic E-state index is -0.559. The van der Waals surface area contributed by atoms with E-state index in [4.69, 9.17) is 14.2 Å². The van der Waals surface area contributed by atoms with E-state index < -0.39 is 6.16 Å². The van der Waals surface area contributed by atoms with E-state index in [-0.39, 0.29) is 6.10 Å². The molecule has 0 fully saturated rings. The summed E-state index contributed by atoms with van der Waals surface area (Å²) >= 11 is 0. The number of unbranched alkanes of at least 4 members (excludes halogenated alkanes) is 8. The number of carbonyl (C=O) groups is 1. The van der Waals surface area contributed by atoms with E-state index in [0.29, 0.717) is 19.8 Å². The Balaban J connectivity index is 2.30. The Labute approximate surface area is 172 Å². The molecule has 0 aliphatic heterocycles. The maximum absolute atomic E-state index is 12.0. The molecule has 0 aliphatic carbocycles. The van der Waals surface area contributed by atoms with E-state index in [0.717, 1.165) is 31.2 Å². The highest BCUT2D eigenvalue weighted by Gasteiger charge is 2.16. The molecule has 0 radical (unpaired) electrons.